The Bertz CT molecular complexity index is 471. The summed E-state index contributed by atoms with van der Waals surface area (Å²) in [6.45, 7) is 0.455. The Kier molecular flexibility index (Phi) is 3.88. The zero-order valence-electron chi connectivity index (χ0n) is 11.1. The van der Waals surface area contributed by atoms with Crippen molar-refractivity contribution in [3.8, 4) is 0 Å². The summed E-state index contributed by atoms with van der Waals surface area (Å²) in [5.74, 6) is 0.411. The minimum absolute atomic E-state index is 0.101. The number of nitrogens with zero attached hydrogens (tertiary/aromatic N) is 3. The van der Waals surface area contributed by atoms with Gasteiger partial charge >= 0.3 is 0 Å². The van der Waals surface area contributed by atoms with E-state index in [2.05, 4.69) is 0 Å². The molecule has 0 saturated carbocycles. The van der Waals surface area contributed by atoms with Crippen molar-refractivity contribution >= 4 is 11.6 Å². The van der Waals surface area contributed by atoms with E-state index in [1.165, 1.54) is 6.08 Å². The summed E-state index contributed by atoms with van der Waals surface area (Å²) in [6.07, 6.45) is 1.49. The van der Waals surface area contributed by atoms with Crippen molar-refractivity contribution in [3.05, 3.63) is 32.1 Å². The van der Waals surface area contributed by atoms with Gasteiger partial charge in [-0.25, -0.2) is 0 Å². The number of hydrogen-bond donors (Lipinski definition) is 0. The molecular formula is C11H16ClN3O5. The molecular weight excluding hydrogens is 290 g/mol. The molecule has 0 radical (unpaired) electrons. The van der Waals surface area contributed by atoms with Crippen molar-refractivity contribution < 1.29 is 14.6 Å². The smallest absolute Gasteiger partial charge is 0.296 e. The first kappa shape index (κ1) is 15.0. The SMILES string of the molecule is CN1C[C@]2([N+](=O)[O-])CC=C(OCCCl)[C@]([N+](=O)[O-])(C1)C2. The molecule has 2 aliphatic rings. The van der Waals surface area contributed by atoms with Crippen LogP contribution in [0.25, 0.3) is 0 Å². The van der Waals surface area contributed by atoms with E-state index in [1.807, 2.05) is 0 Å². The predicted octanol–water partition coefficient (Wildman–Crippen LogP) is 0.896. The van der Waals surface area contributed by atoms with Gasteiger partial charge in [0, 0.05) is 16.3 Å². The Balaban J connectivity index is 2.44. The fourth-order valence-electron chi connectivity index (χ4n) is 3.19. The molecule has 112 valence electrons. The lowest BCUT2D eigenvalue weighted by Gasteiger charge is -2.44. The molecule has 2 atom stereocenters. The number of likely N-dealkylation sites (N-methyl/N-ethyl adjacent to an activating group) is 1. The molecule has 0 N–H and O–H groups in total. The van der Waals surface area contributed by atoms with Crippen molar-refractivity contribution in [2.24, 2.45) is 0 Å². The van der Waals surface area contributed by atoms with Gasteiger partial charge < -0.3 is 4.74 Å². The van der Waals surface area contributed by atoms with Gasteiger partial charge in [-0.2, -0.15) is 0 Å². The third-order valence-corrected chi connectivity index (χ3v) is 4.07. The van der Waals surface area contributed by atoms with Crippen LogP contribution >= 0.6 is 11.6 Å². The first-order valence-electron chi connectivity index (χ1n) is 6.23. The highest BCUT2D eigenvalue weighted by molar-refractivity contribution is 6.17. The van der Waals surface area contributed by atoms with Gasteiger partial charge in [0.2, 0.25) is 5.54 Å². The summed E-state index contributed by atoms with van der Waals surface area (Å²) < 4.78 is 5.39. The van der Waals surface area contributed by atoms with E-state index in [4.69, 9.17) is 16.3 Å². The van der Waals surface area contributed by atoms with Crippen molar-refractivity contribution in [2.75, 3.05) is 32.6 Å². The lowest BCUT2D eigenvalue weighted by Crippen LogP contribution is -2.66. The number of nitro groups is 2. The number of halogens is 1. The molecule has 20 heavy (non-hydrogen) atoms. The summed E-state index contributed by atoms with van der Waals surface area (Å²) in [4.78, 5) is 23.7. The van der Waals surface area contributed by atoms with Gasteiger partial charge in [-0.1, -0.05) is 0 Å². The molecule has 0 aromatic carbocycles. The maximum Gasteiger partial charge on any atom is 0.296 e. The average molecular weight is 306 g/mol. The van der Waals surface area contributed by atoms with Gasteiger partial charge in [0.25, 0.3) is 5.54 Å². The topological polar surface area (TPSA) is 98.8 Å². The van der Waals surface area contributed by atoms with Gasteiger partial charge in [-0.3, -0.25) is 25.1 Å². The van der Waals surface area contributed by atoms with Crippen molar-refractivity contribution in [1.29, 1.82) is 0 Å². The molecule has 2 bridgehead atoms. The molecule has 1 saturated heterocycles. The van der Waals surface area contributed by atoms with E-state index < -0.39 is 20.9 Å². The van der Waals surface area contributed by atoms with Crippen LogP contribution in [-0.4, -0.2) is 58.4 Å². The number of likely N-dealkylation sites (tertiary alicyclic amines) is 1. The second kappa shape index (κ2) is 5.17. The third-order valence-electron chi connectivity index (χ3n) is 3.91. The number of hydrogen-bond acceptors (Lipinski definition) is 6. The molecule has 0 amide bonds. The zero-order valence-corrected chi connectivity index (χ0v) is 11.8. The Morgan fingerprint density at radius 3 is 2.65 bits per heavy atom. The van der Waals surface area contributed by atoms with Crippen LogP contribution in [0.2, 0.25) is 0 Å². The molecule has 1 aliphatic carbocycles. The quantitative estimate of drug-likeness (QED) is 0.425. The summed E-state index contributed by atoms with van der Waals surface area (Å²) in [5, 5.41) is 23.0. The van der Waals surface area contributed by atoms with Gasteiger partial charge in [-0.05, 0) is 13.1 Å². The van der Waals surface area contributed by atoms with Crippen molar-refractivity contribution in [2.45, 2.75) is 23.9 Å². The first-order valence-corrected chi connectivity index (χ1v) is 6.77. The van der Waals surface area contributed by atoms with Crippen molar-refractivity contribution in [1.82, 2.24) is 4.90 Å². The van der Waals surface area contributed by atoms with Crippen LogP contribution in [0.1, 0.15) is 12.8 Å². The normalized spacial score (nSPS) is 33.4. The number of ether oxygens (including phenoxy) is 1. The summed E-state index contributed by atoms with van der Waals surface area (Å²) in [5.41, 5.74) is -2.86. The second-order valence-corrected chi connectivity index (χ2v) is 5.81. The highest BCUT2D eigenvalue weighted by atomic mass is 35.5. The lowest BCUT2D eigenvalue weighted by atomic mass is 9.71. The van der Waals surface area contributed by atoms with Crippen LogP contribution in [0.5, 0.6) is 0 Å². The molecule has 0 unspecified atom stereocenters. The van der Waals surface area contributed by atoms with Crippen LogP contribution in [0.15, 0.2) is 11.8 Å². The monoisotopic (exact) mass is 305 g/mol. The summed E-state index contributed by atoms with van der Waals surface area (Å²) >= 11 is 5.55. The molecule has 1 fully saturated rings. The minimum Gasteiger partial charge on any atom is -0.489 e. The van der Waals surface area contributed by atoms with E-state index >= 15 is 0 Å². The number of fused-ring (bicyclic) bond motifs is 2. The molecule has 1 heterocycles. The van der Waals surface area contributed by atoms with E-state index in [0.717, 1.165) is 0 Å². The molecule has 1 aliphatic heterocycles. The van der Waals surface area contributed by atoms with Crippen LogP contribution in [0, 0.1) is 20.2 Å². The third kappa shape index (κ3) is 2.22. The van der Waals surface area contributed by atoms with E-state index in [0.29, 0.717) is 0 Å². The van der Waals surface area contributed by atoms with E-state index in [1.54, 1.807) is 11.9 Å². The summed E-state index contributed by atoms with van der Waals surface area (Å²) in [6, 6.07) is 0. The van der Waals surface area contributed by atoms with Crippen LogP contribution in [-0.2, 0) is 4.74 Å². The molecule has 0 spiro atoms. The maximum absolute atomic E-state index is 11.6. The van der Waals surface area contributed by atoms with Crippen LogP contribution in [0.3, 0.4) is 0 Å². The largest absolute Gasteiger partial charge is 0.489 e. The lowest BCUT2D eigenvalue weighted by molar-refractivity contribution is -0.623. The number of piperidine rings is 1. The number of rotatable bonds is 5. The predicted molar refractivity (Wildman–Crippen MR) is 70.9 cm³/mol. The fourth-order valence-corrected chi connectivity index (χ4v) is 3.26. The van der Waals surface area contributed by atoms with Gasteiger partial charge in [0.1, 0.15) is 6.61 Å². The second-order valence-electron chi connectivity index (χ2n) is 5.43. The zero-order chi connectivity index (χ0) is 15.0. The summed E-state index contributed by atoms with van der Waals surface area (Å²) in [7, 11) is 1.65. The highest BCUT2D eigenvalue weighted by Gasteiger charge is 2.66. The Morgan fingerprint density at radius 1 is 1.40 bits per heavy atom. The maximum atomic E-state index is 11.6. The number of alkyl halides is 1. The average Bonchev–Trinajstić information content (AvgIpc) is 2.37. The molecule has 2 rings (SSSR count). The fraction of sp³-hybridized carbons (Fsp3) is 0.818. The minimum atomic E-state index is -1.55. The molecule has 0 aromatic rings. The molecule has 9 heteroatoms. The van der Waals surface area contributed by atoms with Crippen molar-refractivity contribution in [3.63, 3.8) is 0 Å². The van der Waals surface area contributed by atoms with Gasteiger partial charge in [-0.15, -0.1) is 11.6 Å². The molecule has 8 nitrogen and oxygen atoms in total. The Hall–Kier alpha value is -1.41. The van der Waals surface area contributed by atoms with Crippen LogP contribution < -0.4 is 0 Å². The highest BCUT2D eigenvalue weighted by Crippen LogP contribution is 2.44. The van der Waals surface area contributed by atoms with E-state index in [-0.39, 0.29) is 44.2 Å². The Morgan fingerprint density at radius 2 is 2.10 bits per heavy atom. The first-order chi connectivity index (χ1) is 9.36. The van der Waals surface area contributed by atoms with E-state index in [9.17, 15) is 20.2 Å². The standard InChI is InChI=1S/C11H16ClN3O5/c1-13-7-10(14(16)17)3-2-9(20-5-4-12)11(6-10,8-13)15(18)19/h2H,3-8H2,1H3/t10-,11+/m0/s1. The molecule has 0 aromatic heterocycles. The van der Waals surface area contributed by atoms with Gasteiger partial charge in [0.05, 0.1) is 25.4 Å². The van der Waals surface area contributed by atoms with Gasteiger partial charge in [0.15, 0.2) is 5.76 Å². The van der Waals surface area contributed by atoms with Crippen LogP contribution in [0.4, 0.5) is 0 Å². The Labute approximate surface area is 120 Å².